The highest BCUT2D eigenvalue weighted by Crippen LogP contribution is 1.75. The first kappa shape index (κ1) is 10.8. The van der Waals surface area contributed by atoms with Crippen molar-refractivity contribution in [3.63, 3.8) is 0 Å². The van der Waals surface area contributed by atoms with E-state index in [0.29, 0.717) is 19.1 Å². The highest BCUT2D eigenvalue weighted by atomic mass is 15.0. The maximum atomic E-state index is 5.33. The molecule has 0 bridgehead atoms. The van der Waals surface area contributed by atoms with E-state index in [1.165, 1.54) is 0 Å². The normalized spacial score (nSPS) is 13.4. The predicted octanol–water partition coefficient (Wildman–Crippen LogP) is -1.53. The monoisotopic (exact) mass is 160 g/mol. The number of hydrogen-bond donors (Lipinski definition) is 4. The molecule has 0 aliphatic heterocycles. The minimum atomic E-state index is 0.477. The van der Waals surface area contributed by atoms with Crippen LogP contribution in [-0.2, 0) is 0 Å². The van der Waals surface area contributed by atoms with Gasteiger partial charge in [0.15, 0.2) is 0 Å². The Hall–Kier alpha value is -0.160. The third-order valence-corrected chi connectivity index (χ3v) is 1.41. The molecule has 4 heteroatoms. The summed E-state index contributed by atoms with van der Waals surface area (Å²) in [6.45, 7) is 6.24. The van der Waals surface area contributed by atoms with E-state index >= 15 is 0 Å². The maximum absolute atomic E-state index is 5.33. The van der Waals surface area contributed by atoms with Gasteiger partial charge in [-0.2, -0.15) is 0 Å². The first-order valence-corrected chi connectivity index (χ1v) is 4.15. The molecule has 0 aliphatic carbocycles. The Morgan fingerprint density at radius 1 is 1.18 bits per heavy atom. The topological polar surface area (TPSA) is 76.1 Å². The van der Waals surface area contributed by atoms with Crippen molar-refractivity contribution < 1.29 is 0 Å². The molecule has 4 nitrogen and oxygen atoms in total. The second-order valence-corrected chi connectivity index (χ2v) is 2.64. The molecule has 0 aromatic heterocycles. The zero-order chi connectivity index (χ0) is 8.53. The number of nitrogens with one attached hydrogen (secondary N) is 2. The summed E-state index contributed by atoms with van der Waals surface area (Å²) in [7, 11) is 0. The Morgan fingerprint density at radius 3 is 2.36 bits per heavy atom. The van der Waals surface area contributed by atoms with Gasteiger partial charge in [0.05, 0.1) is 0 Å². The van der Waals surface area contributed by atoms with Gasteiger partial charge in [-0.15, -0.1) is 0 Å². The quantitative estimate of drug-likeness (QED) is 0.341. The number of nitrogens with two attached hydrogens (primary N) is 2. The molecular formula is C7H20N4. The molecule has 0 heterocycles. The van der Waals surface area contributed by atoms with Gasteiger partial charge in [0.2, 0.25) is 0 Å². The summed E-state index contributed by atoms with van der Waals surface area (Å²) in [4.78, 5) is 0. The molecule has 68 valence electrons. The lowest BCUT2D eigenvalue weighted by Crippen LogP contribution is -2.40. The summed E-state index contributed by atoms with van der Waals surface area (Å²) < 4.78 is 0. The van der Waals surface area contributed by atoms with E-state index in [4.69, 9.17) is 11.5 Å². The van der Waals surface area contributed by atoms with Crippen molar-refractivity contribution >= 4 is 0 Å². The van der Waals surface area contributed by atoms with Crippen molar-refractivity contribution in [3.05, 3.63) is 0 Å². The molecule has 0 amide bonds. The van der Waals surface area contributed by atoms with Gasteiger partial charge in [-0.05, 0) is 6.92 Å². The van der Waals surface area contributed by atoms with Crippen LogP contribution in [0, 0.1) is 0 Å². The first-order chi connectivity index (χ1) is 5.31. The Bertz CT molecular complexity index is 76.8. The van der Waals surface area contributed by atoms with Crippen molar-refractivity contribution in [2.75, 3.05) is 32.7 Å². The van der Waals surface area contributed by atoms with Gasteiger partial charge < -0.3 is 22.1 Å². The summed E-state index contributed by atoms with van der Waals surface area (Å²) in [6.07, 6.45) is 0. The standard InChI is InChI=1S/C7H20N4/c1-7(11-5-3-9)6-10-4-2-8/h7,10-11H,2-6,8-9H2,1H3. The lowest BCUT2D eigenvalue weighted by molar-refractivity contribution is 0.511. The summed E-state index contributed by atoms with van der Waals surface area (Å²) in [5.74, 6) is 0. The van der Waals surface area contributed by atoms with Crippen LogP contribution >= 0.6 is 0 Å². The fourth-order valence-corrected chi connectivity index (χ4v) is 0.823. The van der Waals surface area contributed by atoms with E-state index in [-0.39, 0.29) is 0 Å². The molecule has 0 saturated heterocycles. The molecule has 0 aromatic rings. The Balaban J connectivity index is 3.02. The van der Waals surface area contributed by atoms with Crippen molar-refractivity contribution in [2.45, 2.75) is 13.0 Å². The van der Waals surface area contributed by atoms with Crippen LogP contribution in [0.2, 0.25) is 0 Å². The zero-order valence-electron chi connectivity index (χ0n) is 7.27. The largest absolute Gasteiger partial charge is 0.329 e. The van der Waals surface area contributed by atoms with Crippen molar-refractivity contribution in [1.82, 2.24) is 10.6 Å². The van der Waals surface area contributed by atoms with Gasteiger partial charge in [-0.1, -0.05) is 0 Å². The van der Waals surface area contributed by atoms with Gasteiger partial charge in [-0.25, -0.2) is 0 Å². The van der Waals surface area contributed by atoms with Crippen LogP contribution < -0.4 is 22.1 Å². The summed E-state index contributed by atoms with van der Waals surface area (Å²) in [5.41, 5.74) is 10.6. The molecular weight excluding hydrogens is 140 g/mol. The molecule has 1 atom stereocenters. The molecule has 0 radical (unpaired) electrons. The third kappa shape index (κ3) is 7.74. The highest BCUT2D eigenvalue weighted by Gasteiger charge is 1.97. The predicted molar refractivity (Wildman–Crippen MR) is 48.4 cm³/mol. The van der Waals surface area contributed by atoms with Crippen LogP contribution in [0.4, 0.5) is 0 Å². The van der Waals surface area contributed by atoms with Gasteiger partial charge in [0.1, 0.15) is 0 Å². The molecule has 0 saturated carbocycles. The fourth-order valence-electron chi connectivity index (χ4n) is 0.823. The van der Waals surface area contributed by atoms with Gasteiger partial charge >= 0.3 is 0 Å². The second kappa shape index (κ2) is 7.94. The van der Waals surface area contributed by atoms with Crippen molar-refractivity contribution in [1.29, 1.82) is 0 Å². The average Bonchev–Trinajstić information content (AvgIpc) is 2.01. The Labute approximate surface area is 68.7 Å². The summed E-state index contributed by atoms with van der Waals surface area (Å²) in [5, 5.41) is 6.48. The smallest absolute Gasteiger partial charge is 0.0164 e. The summed E-state index contributed by atoms with van der Waals surface area (Å²) >= 11 is 0. The third-order valence-electron chi connectivity index (χ3n) is 1.41. The van der Waals surface area contributed by atoms with Crippen molar-refractivity contribution in [3.8, 4) is 0 Å². The van der Waals surface area contributed by atoms with Crippen LogP contribution in [-0.4, -0.2) is 38.8 Å². The molecule has 0 aromatic carbocycles. The molecule has 11 heavy (non-hydrogen) atoms. The first-order valence-electron chi connectivity index (χ1n) is 4.15. The zero-order valence-corrected chi connectivity index (χ0v) is 7.27. The highest BCUT2D eigenvalue weighted by molar-refractivity contribution is 4.63. The molecule has 1 unspecified atom stereocenters. The van der Waals surface area contributed by atoms with E-state index in [9.17, 15) is 0 Å². The second-order valence-electron chi connectivity index (χ2n) is 2.64. The molecule has 0 aliphatic rings. The van der Waals surface area contributed by atoms with Crippen LogP contribution in [0.3, 0.4) is 0 Å². The maximum Gasteiger partial charge on any atom is 0.0164 e. The number of hydrogen-bond acceptors (Lipinski definition) is 4. The SMILES string of the molecule is CC(CNCCN)NCCN. The van der Waals surface area contributed by atoms with Crippen LogP contribution in [0.1, 0.15) is 6.92 Å². The minimum absolute atomic E-state index is 0.477. The van der Waals surface area contributed by atoms with E-state index in [2.05, 4.69) is 17.6 Å². The molecule has 0 fully saturated rings. The minimum Gasteiger partial charge on any atom is -0.329 e. The molecule has 0 spiro atoms. The van der Waals surface area contributed by atoms with E-state index in [1.807, 2.05) is 0 Å². The average molecular weight is 160 g/mol. The summed E-state index contributed by atoms with van der Waals surface area (Å²) in [6, 6.07) is 0.477. The van der Waals surface area contributed by atoms with Gasteiger partial charge in [-0.3, -0.25) is 0 Å². The van der Waals surface area contributed by atoms with Crippen LogP contribution in [0.15, 0.2) is 0 Å². The molecule has 0 rings (SSSR count). The number of rotatable bonds is 7. The fraction of sp³-hybridized carbons (Fsp3) is 1.00. The molecule has 6 N–H and O–H groups in total. The van der Waals surface area contributed by atoms with Gasteiger partial charge in [0.25, 0.3) is 0 Å². The van der Waals surface area contributed by atoms with E-state index < -0.39 is 0 Å². The lowest BCUT2D eigenvalue weighted by atomic mass is 10.3. The van der Waals surface area contributed by atoms with Crippen LogP contribution in [0.5, 0.6) is 0 Å². The van der Waals surface area contributed by atoms with Crippen molar-refractivity contribution in [2.24, 2.45) is 11.5 Å². The Morgan fingerprint density at radius 2 is 1.82 bits per heavy atom. The van der Waals surface area contributed by atoms with E-state index in [0.717, 1.165) is 19.6 Å². The van der Waals surface area contributed by atoms with E-state index in [1.54, 1.807) is 0 Å². The van der Waals surface area contributed by atoms with Crippen LogP contribution in [0.25, 0.3) is 0 Å². The van der Waals surface area contributed by atoms with Gasteiger partial charge in [0, 0.05) is 38.8 Å². The Kier molecular flexibility index (Phi) is 7.83. The lowest BCUT2D eigenvalue weighted by Gasteiger charge is -2.13.